The van der Waals surface area contributed by atoms with Gasteiger partial charge in [-0.3, -0.25) is 4.79 Å². The molecule has 0 spiro atoms. The summed E-state index contributed by atoms with van der Waals surface area (Å²) in [6.07, 6.45) is 1.21. The van der Waals surface area contributed by atoms with Crippen LogP contribution in [-0.2, 0) is 0 Å². The van der Waals surface area contributed by atoms with Gasteiger partial charge in [0.1, 0.15) is 0 Å². The van der Waals surface area contributed by atoms with E-state index in [2.05, 4.69) is 13.8 Å². The fraction of sp³-hybridized carbons (Fsp3) is 0.500. The first kappa shape index (κ1) is 12.0. The van der Waals surface area contributed by atoms with E-state index in [1.807, 2.05) is 17.0 Å². The maximum atomic E-state index is 12.3. The van der Waals surface area contributed by atoms with Gasteiger partial charge in [0.25, 0.3) is 5.91 Å². The maximum absolute atomic E-state index is 12.3. The Kier molecular flexibility index (Phi) is 3.36. The van der Waals surface area contributed by atoms with E-state index in [9.17, 15) is 4.79 Å². The molecule has 1 fully saturated rings. The summed E-state index contributed by atoms with van der Waals surface area (Å²) in [5.74, 6) is 1.28. The topological polar surface area (TPSA) is 46.3 Å². The highest BCUT2D eigenvalue weighted by molar-refractivity contribution is 5.95. The van der Waals surface area contributed by atoms with Crippen molar-refractivity contribution in [3.63, 3.8) is 0 Å². The number of nitrogen functional groups attached to an aromatic ring is 1. The number of nitrogens with two attached hydrogens (primary N) is 1. The van der Waals surface area contributed by atoms with Crippen molar-refractivity contribution >= 4 is 11.6 Å². The van der Waals surface area contributed by atoms with Crippen molar-refractivity contribution in [2.45, 2.75) is 20.3 Å². The van der Waals surface area contributed by atoms with E-state index < -0.39 is 0 Å². The number of hydrogen-bond donors (Lipinski definition) is 1. The summed E-state index contributed by atoms with van der Waals surface area (Å²) in [6.45, 7) is 6.13. The third kappa shape index (κ3) is 2.78. The molecule has 3 heteroatoms. The van der Waals surface area contributed by atoms with Crippen LogP contribution in [0.15, 0.2) is 24.3 Å². The van der Waals surface area contributed by atoms with Crippen molar-refractivity contribution in [2.75, 3.05) is 18.8 Å². The summed E-state index contributed by atoms with van der Waals surface area (Å²) in [5, 5.41) is 0. The number of nitrogens with zero attached hydrogens (tertiary/aromatic N) is 1. The Morgan fingerprint density at radius 2 is 1.94 bits per heavy atom. The zero-order chi connectivity index (χ0) is 12.4. The molecule has 1 aliphatic heterocycles. The summed E-state index contributed by atoms with van der Waals surface area (Å²) in [7, 11) is 0. The van der Waals surface area contributed by atoms with Gasteiger partial charge in [0.05, 0.1) is 0 Å². The summed E-state index contributed by atoms with van der Waals surface area (Å²) >= 11 is 0. The van der Waals surface area contributed by atoms with Crippen LogP contribution in [0, 0.1) is 11.8 Å². The SMILES string of the molecule is C[C@@H]1C[C@H](C)CN(C(=O)c2cccc(N)c2)C1. The van der Waals surface area contributed by atoms with Gasteiger partial charge in [-0.15, -0.1) is 0 Å². The lowest BCUT2D eigenvalue weighted by Gasteiger charge is -2.35. The second-order valence-corrected chi connectivity index (χ2v) is 5.28. The Bertz CT molecular complexity index is 406. The molecule has 92 valence electrons. The molecule has 0 aromatic heterocycles. The molecule has 1 aliphatic rings. The number of anilines is 1. The zero-order valence-electron chi connectivity index (χ0n) is 10.5. The van der Waals surface area contributed by atoms with Crippen LogP contribution < -0.4 is 5.73 Å². The fourth-order valence-corrected chi connectivity index (χ4v) is 2.68. The standard InChI is InChI=1S/C14H20N2O/c1-10-6-11(2)9-16(8-10)14(17)12-4-3-5-13(15)7-12/h3-5,7,10-11H,6,8-9,15H2,1-2H3/t10-,11+. The van der Waals surface area contributed by atoms with E-state index in [4.69, 9.17) is 5.73 Å². The van der Waals surface area contributed by atoms with Gasteiger partial charge in [0, 0.05) is 24.3 Å². The van der Waals surface area contributed by atoms with E-state index in [1.54, 1.807) is 12.1 Å². The Labute approximate surface area is 103 Å². The molecule has 2 N–H and O–H groups in total. The lowest BCUT2D eigenvalue weighted by molar-refractivity contribution is 0.0623. The highest BCUT2D eigenvalue weighted by Gasteiger charge is 2.25. The quantitative estimate of drug-likeness (QED) is 0.756. The monoisotopic (exact) mass is 232 g/mol. The highest BCUT2D eigenvalue weighted by Crippen LogP contribution is 2.22. The average Bonchev–Trinajstić information content (AvgIpc) is 2.26. The zero-order valence-corrected chi connectivity index (χ0v) is 10.5. The molecule has 2 rings (SSSR count). The molecule has 0 radical (unpaired) electrons. The van der Waals surface area contributed by atoms with Crippen LogP contribution in [0.3, 0.4) is 0 Å². The number of benzene rings is 1. The van der Waals surface area contributed by atoms with Gasteiger partial charge in [0.15, 0.2) is 0 Å². The van der Waals surface area contributed by atoms with Crippen LogP contribution in [0.4, 0.5) is 5.69 Å². The third-order valence-corrected chi connectivity index (χ3v) is 3.29. The highest BCUT2D eigenvalue weighted by atomic mass is 16.2. The van der Waals surface area contributed by atoms with E-state index >= 15 is 0 Å². The predicted molar refractivity (Wildman–Crippen MR) is 69.7 cm³/mol. The molecule has 1 heterocycles. The Hall–Kier alpha value is -1.51. The Morgan fingerprint density at radius 3 is 2.53 bits per heavy atom. The maximum Gasteiger partial charge on any atom is 0.253 e. The molecule has 2 atom stereocenters. The lowest BCUT2D eigenvalue weighted by atomic mass is 9.91. The van der Waals surface area contributed by atoms with Crippen molar-refractivity contribution in [3.05, 3.63) is 29.8 Å². The van der Waals surface area contributed by atoms with Crippen molar-refractivity contribution in [2.24, 2.45) is 11.8 Å². The number of piperidine rings is 1. The first-order valence-electron chi connectivity index (χ1n) is 6.21. The molecule has 0 bridgehead atoms. The molecule has 0 aliphatic carbocycles. The number of rotatable bonds is 1. The molecule has 0 unspecified atom stereocenters. The van der Waals surface area contributed by atoms with Crippen LogP contribution in [0.2, 0.25) is 0 Å². The van der Waals surface area contributed by atoms with Crippen molar-refractivity contribution in [3.8, 4) is 0 Å². The van der Waals surface area contributed by atoms with Crippen LogP contribution in [0.25, 0.3) is 0 Å². The fourth-order valence-electron chi connectivity index (χ4n) is 2.68. The average molecular weight is 232 g/mol. The molecule has 1 amide bonds. The van der Waals surface area contributed by atoms with Crippen LogP contribution in [0.5, 0.6) is 0 Å². The van der Waals surface area contributed by atoms with Crippen molar-refractivity contribution in [1.82, 2.24) is 4.90 Å². The van der Waals surface area contributed by atoms with Gasteiger partial charge in [-0.25, -0.2) is 0 Å². The molecular formula is C14H20N2O. The number of likely N-dealkylation sites (tertiary alicyclic amines) is 1. The molecule has 1 saturated heterocycles. The number of amides is 1. The van der Waals surface area contributed by atoms with Gasteiger partial charge in [0.2, 0.25) is 0 Å². The summed E-state index contributed by atoms with van der Waals surface area (Å²) < 4.78 is 0. The molecule has 3 nitrogen and oxygen atoms in total. The lowest BCUT2D eigenvalue weighted by Crippen LogP contribution is -2.42. The number of carbonyl (C=O) groups is 1. The van der Waals surface area contributed by atoms with Crippen LogP contribution in [0.1, 0.15) is 30.6 Å². The third-order valence-electron chi connectivity index (χ3n) is 3.29. The first-order valence-corrected chi connectivity index (χ1v) is 6.21. The molecular weight excluding hydrogens is 212 g/mol. The molecule has 17 heavy (non-hydrogen) atoms. The number of carbonyl (C=O) groups excluding carboxylic acids is 1. The Balaban J connectivity index is 2.14. The minimum atomic E-state index is 0.107. The number of hydrogen-bond acceptors (Lipinski definition) is 2. The van der Waals surface area contributed by atoms with Gasteiger partial charge >= 0.3 is 0 Å². The normalized spacial score (nSPS) is 24.7. The smallest absolute Gasteiger partial charge is 0.253 e. The summed E-state index contributed by atoms with van der Waals surface area (Å²) in [4.78, 5) is 14.3. The predicted octanol–water partition coefficient (Wildman–Crippen LogP) is 2.39. The first-order chi connectivity index (χ1) is 8.06. The van der Waals surface area contributed by atoms with Gasteiger partial charge in [-0.1, -0.05) is 19.9 Å². The second kappa shape index (κ2) is 4.78. The van der Waals surface area contributed by atoms with Gasteiger partial charge < -0.3 is 10.6 Å². The van der Waals surface area contributed by atoms with E-state index in [0.29, 0.717) is 23.1 Å². The van der Waals surface area contributed by atoms with Crippen LogP contribution in [-0.4, -0.2) is 23.9 Å². The van der Waals surface area contributed by atoms with E-state index in [-0.39, 0.29) is 5.91 Å². The summed E-state index contributed by atoms with van der Waals surface area (Å²) in [6, 6.07) is 7.23. The van der Waals surface area contributed by atoms with Gasteiger partial charge in [-0.05, 0) is 36.5 Å². The molecule has 0 saturated carbocycles. The second-order valence-electron chi connectivity index (χ2n) is 5.28. The van der Waals surface area contributed by atoms with E-state index in [0.717, 1.165) is 13.1 Å². The minimum Gasteiger partial charge on any atom is -0.399 e. The molecule has 1 aromatic rings. The summed E-state index contributed by atoms with van der Waals surface area (Å²) in [5.41, 5.74) is 7.06. The minimum absolute atomic E-state index is 0.107. The van der Waals surface area contributed by atoms with Crippen LogP contribution >= 0.6 is 0 Å². The molecule has 1 aromatic carbocycles. The Morgan fingerprint density at radius 1 is 1.29 bits per heavy atom. The van der Waals surface area contributed by atoms with Crippen molar-refractivity contribution in [1.29, 1.82) is 0 Å². The van der Waals surface area contributed by atoms with Gasteiger partial charge in [-0.2, -0.15) is 0 Å². The largest absolute Gasteiger partial charge is 0.399 e. The van der Waals surface area contributed by atoms with Crippen molar-refractivity contribution < 1.29 is 4.79 Å². The van der Waals surface area contributed by atoms with E-state index in [1.165, 1.54) is 6.42 Å².